The highest BCUT2D eigenvalue weighted by Gasteiger charge is 2.12. The fourth-order valence-corrected chi connectivity index (χ4v) is 2.01. The molecule has 0 fully saturated rings. The van der Waals surface area contributed by atoms with Gasteiger partial charge in [-0.1, -0.05) is 35.3 Å². The maximum absolute atomic E-state index is 12.0. The molecule has 0 atom stereocenters. The standard InChI is InChI=1S/C14H14Cl2N4O3/c15-10(16)13(22)17-6-3-7-18-14(23)11-19-9-5-2-1-4-8(9)12(21)20-11/h1-2,4-5,10H,3,6-7H2,(H,17,22)(H,18,23)(H,19,20,21). The number of carbonyl (C=O) groups is 2. The number of nitrogens with one attached hydrogen (secondary N) is 3. The van der Waals surface area contributed by atoms with Crippen molar-refractivity contribution in [3.8, 4) is 0 Å². The van der Waals surface area contributed by atoms with Gasteiger partial charge in [0.25, 0.3) is 17.4 Å². The predicted molar refractivity (Wildman–Crippen MR) is 87.8 cm³/mol. The van der Waals surface area contributed by atoms with E-state index in [1.165, 1.54) is 0 Å². The van der Waals surface area contributed by atoms with Gasteiger partial charge >= 0.3 is 0 Å². The SMILES string of the molecule is O=C(NCCCNC(=O)C(Cl)Cl)c1nc2ccccc2c(=O)[nH]1. The van der Waals surface area contributed by atoms with Crippen molar-refractivity contribution in [3.05, 3.63) is 40.4 Å². The van der Waals surface area contributed by atoms with Gasteiger partial charge in [-0.2, -0.15) is 0 Å². The van der Waals surface area contributed by atoms with Crippen molar-refractivity contribution in [3.63, 3.8) is 0 Å². The van der Waals surface area contributed by atoms with E-state index < -0.39 is 16.7 Å². The molecule has 2 aromatic rings. The maximum atomic E-state index is 12.0. The third-order valence-electron chi connectivity index (χ3n) is 2.96. The van der Waals surface area contributed by atoms with Gasteiger partial charge in [0.2, 0.25) is 0 Å². The second-order valence-corrected chi connectivity index (χ2v) is 5.73. The molecule has 122 valence electrons. The fraction of sp³-hybridized carbons (Fsp3) is 0.286. The van der Waals surface area contributed by atoms with Gasteiger partial charge in [-0.25, -0.2) is 4.98 Å². The number of para-hydroxylation sites is 1. The van der Waals surface area contributed by atoms with Crippen LogP contribution in [-0.4, -0.2) is 39.7 Å². The summed E-state index contributed by atoms with van der Waals surface area (Å²) in [5.41, 5.74) is 0.0761. The van der Waals surface area contributed by atoms with Gasteiger partial charge < -0.3 is 15.6 Å². The molecular weight excluding hydrogens is 343 g/mol. The molecule has 1 aromatic carbocycles. The zero-order valence-corrected chi connectivity index (χ0v) is 13.4. The van der Waals surface area contributed by atoms with Crippen LogP contribution in [0.1, 0.15) is 17.0 Å². The van der Waals surface area contributed by atoms with Crippen LogP contribution < -0.4 is 16.2 Å². The topological polar surface area (TPSA) is 104 Å². The Morgan fingerprint density at radius 2 is 1.87 bits per heavy atom. The Balaban J connectivity index is 1.89. The summed E-state index contributed by atoms with van der Waals surface area (Å²) in [4.78, 5) is 40.4. The number of aromatic nitrogens is 2. The second kappa shape index (κ2) is 7.94. The van der Waals surface area contributed by atoms with Gasteiger partial charge in [0.15, 0.2) is 10.7 Å². The van der Waals surface area contributed by atoms with Gasteiger partial charge in [-0.15, -0.1) is 0 Å². The van der Waals surface area contributed by atoms with Gasteiger partial charge in [0, 0.05) is 13.1 Å². The van der Waals surface area contributed by atoms with Crippen molar-refractivity contribution >= 4 is 45.9 Å². The molecular formula is C14H14Cl2N4O3. The molecule has 0 bridgehead atoms. The molecule has 1 aromatic heterocycles. The second-order valence-electron chi connectivity index (χ2n) is 4.63. The van der Waals surface area contributed by atoms with E-state index in [4.69, 9.17) is 23.2 Å². The zero-order valence-electron chi connectivity index (χ0n) is 11.9. The molecule has 0 unspecified atom stereocenters. The average Bonchev–Trinajstić information content (AvgIpc) is 2.54. The highest BCUT2D eigenvalue weighted by Crippen LogP contribution is 2.05. The van der Waals surface area contributed by atoms with Crippen molar-refractivity contribution in [1.29, 1.82) is 0 Å². The highest BCUT2D eigenvalue weighted by molar-refractivity contribution is 6.53. The Morgan fingerprint density at radius 1 is 1.17 bits per heavy atom. The van der Waals surface area contributed by atoms with Crippen LogP contribution in [0, 0.1) is 0 Å². The molecule has 9 heteroatoms. The zero-order chi connectivity index (χ0) is 16.8. The third-order valence-corrected chi connectivity index (χ3v) is 3.36. The van der Waals surface area contributed by atoms with Crippen molar-refractivity contribution in [2.75, 3.05) is 13.1 Å². The van der Waals surface area contributed by atoms with Crippen molar-refractivity contribution in [2.45, 2.75) is 11.3 Å². The van der Waals surface area contributed by atoms with Gasteiger partial charge in [0.1, 0.15) is 0 Å². The lowest BCUT2D eigenvalue weighted by Gasteiger charge is -2.07. The molecule has 0 saturated heterocycles. The number of halogens is 2. The number of benzene rings is 1. The Kier molecular flexibility index (Phi) is 5.95. The van der Waals surface area contributed by atoms with Crippen LogP contribution in [0.15, 0.2) is 29.1 Å². The summed E-state index contributed by atoms with van der Waals surface area (Å²) in [7, 11) is 0. The molecule has 0 saturated carbocycles. The van der Waals surface area contributed by atoms with Crippen LogP contribution >= 0.6 is 23.2 Å². The van der Waals surface area contributed by atoms with Crippen LogP contribution in [0.5, 0.6) is 0 Å². The van der Waals surface area contributed by atoms with Crippen LogP contribution in [0.25, 0.3) is 10.9 Å². The van der Waals surface area contributed by atoms with E-state index in [0.29, 0.717) is 30.4 Å². The lowest BCUT2D eigenvalue weighted by Crippen LogP contribution is -2.33. The number of fused-ring (bicyclic) bond motifs is 1. The molecule has 2 rings (SSSR count). The average molecular weight is 357 g/mol. The van der Waals surface area contributed by atoms with Crippen molar-refractivity contribution in [2.24, 2.45) is 0 Å². The summed E-state index contributed by atoms with van der Waals surface area (Å²) in [6.07, 6.45) is 0.482. The number of alkyl halides is 2. The minimum Gasteiger partial charge on any atom is -0.354 e. The number of rotatable bonds is 6. The normalized spacial score (nSPS) is 10.7. The summed E-state index contributed by atoms with van der Waals surface area (Å²) >= 11 is 10.8. The smallest absolute Gasteiger partial charge is 0.287 e. The summed E-state index contributed by atoms with van der Waals surface area (Å²) in [5.74, 6) is -1.04. The van der Waals surface area contributed by atoms with Crippen LogP contribution in [-0.2, 0) is 4.79 Å². The number of hydrogen-bond acceptors (Lipinski definition) is 4. The summed E-state index contributed by atoms with van der Waals surface area (Å²) in [5, 5.41) is 5.53. The Hall–Kier alpha value is -2.12. The van der Waals surface area contributed by atoms with E-state index in [1.807, 2.05) is 0 Å². The first-order valence-electron chi connectivity index (χ1n) is 6.82. The van der Waals surface area contributed by atoms with E-state index >= 15 is 0 Å². The van der Waals surface area contributed by atoms with E-state index in [-0.39, 0.29) is 11.4 Å². The predicted octanol–water partition coefficient (Wildman–Crippen LogP) is 0.963. The van der Waals surface area contributed by atoms with Crippen LogP contribution in [0.3, 0.4) is 0 Å². The van der Waals surface area contributed by atoms with Gasteiger partial charge in [-0.05, 0) is 18.6 Å². The minimum absolute atomic E-state index is 0.0562. The molecule has 0 spiro atoms. The first kappa shape index (κ1) is 17.2. The third kappa shape index (κ3) is 4.67. The first-order chi connectivity index (χ1) is 11.0. The number of hydrogen-bond donors (Lipinski definition) is 3. The van der Waals surface area contributed by atoms with Crippen molar-refractivity contribution in [1.82, 2.24) is 20.6 Å². The number of amides is 2. The van der Waals surface area contributed by atoms with E-state index in [0.717, 1.165) is 0 Å². The Morgan fingerprint density at radius 3 is 2.61 bits per heavy atom. The molecule has 0 radical (unpaired) electrons. The van der Waals surface area contributed by atoms with Gasteiger partial charge in [-0.3, -0.25) is 14.4 Å². The number of aromatic amines is 1. The number of H-pyrrole nitrogens is 1. The number of carbonyl (C=O) groups excluding carboxylic acids is 2. The monoisotopic (exact) mass is 356 g/mol. The largest absolute Gasteiger partial charge is 0.354 e. The molecule has 23 heavy (non-hydrogen) atoms. The molecule has 2 amide bonds. The molecule has 0 aliphatic heterocycles. The molecule has 3 N–H and O–H groups in total. The molecule has 7 nitrogen and oxygen atoms in total. The Labute approximate surface area is 141 Å². The van der Waals surface area contributed by atoms with Crippen LogP contribution in [0.2, 0.25) is 0 Å². The molecule has 0 aliphatic carbocycles. The summed E-state index contributed by atoms with van der Waals surface area (Å²) in [6, 6.07) is 6.75. The van der Waals surface area contributed by atoms with E-state index in [1.54, 1.807) is 24.3 Å². The minimum atomic E-state index is -1.11. The lowest BCUT2D eigenvalue weighted by atomic mass is 10.2. The van der Waals surface area contributed by atoms with Crippen LogP contribution in [0.4, 0.5) is 0 Å². The summed E-state index contributed by atoms with van der Waals surface area (Å²) < 4.78 is 0. The first-order valence-corrected chi connectivity index (χ1v) is 7.69. The maximum Gasteiger partial charge on any atom is 0.287 e. The van der Waals surface area contributed by atoms with Crippen molar-refractivity contribution < 1.29 is 9.59 Å². The number of nitrogens with zero attached hydrogens (tertiary/aromatic N) is 1. The Bertz CT molecular complexity index is 776. The van der Waals surface area contributed by atoms with E-state index in [2.05, 4.69) is 20.6 Å². The van der Waals surface area contributed by atoms with E-state index in [9.17, 15) is 14.4 Å². The quantitative estimate of drug-likeness (QED) is 0.529. The molecule has 0 aliphatic rings. The fourth-order valence-electron chi connectivity index (χ4n) is 1.86. The lowest BCUT2D eigenvalue weighted by molar-refractivity contribution is -0.119. The summed E-state index contributed by atoms with van der Waals surface area (Å²) in [6.45, 7) is 0.613. The van der Waals surface area contributed by atoms with Gasteiger partial charge in [0.05, 0.1) is 10.9 Å². The molecule has 1 heterocycles. The highest BCUT2D eigenvalue weighted by atomic mass is 35.5.